The van der Waals surface area contributed by atoms with Crippen molar-refractivity contribution in [2.75, 3.05) is 6.54 Å². The Bertz CT molecular complexity index is 561. The Morgan fingerprint density at radius 1 is 1.38 bits per heavy atom. The second kappa shape index (κ2) is 6.43. The summed E-state index contributed by atoms with van der Waals surface area (Å²) in [5, 5.41) is 10.8. The first-order valence-corrected chi connectivity index (χ1v) is 7.59. The summed E-state index contributed by atoms with van der Waals surface area (Å²) in [5.41, 5.74) is 2.58. The fraction of sp³-hybridized carbons (Fsp3) is 0.625. The van der Waals surface area contributed by atoms with E-state index in [0.717, 1.165) is 25.5 Å². The molecule has 1 unspecified atom stereocenters. The zero-order valence-electron chi connectivity index (χ0n) is 13.8. The van der Waals surface area contributed by atoms with Gasteiger partial charge in [-0.05, 0) is 19.4 Å². The maximum absolute atomic E-state index is 4.26. The number of rotatable bonds is 6. The van der Waals surface area contributed by atoms with Crippen molar-refractivity contribution >= 4 is 0 Å². The smallest absolute Gasteiger partial charge is 0.105 e. The molecule has 21 heavy (non-hydrogen) atoms. The van der Waals surface area contributed by atoms with Crippen LogP contribution in [0.2, 0.25) is 0 Å². The minimum atomic E-state index is 0.104. The van der Waals surface area contributed by atoms with Crippen LogP contribution in [-0.2, 0) is 18.5 Å². The van der Waals surface area contributed by atoms with Crippen LogP contribution >= 0.6 is 0 Å². The summed E-state index contributed by atoms with van der Waals surface area (Å²) in [6, 6.07) is 0. The predicted molar refractivity (Wildman–Crippen MR) is 85.1 cm³/mol. The van der Waals surface area contributed by atoms with Crippen LogP contribution in [0.15, 0.2) is 18.6 Å². The molecular formula is C16H27N5. The highest BCUT2D eigenvalue weighted by Gasteiger charge is 2.19. The van der Waals surface area contributed by atoms with Gasteiger partial charge in [0.2, 0.25) is 0 Å². The molecule has 2 aromatic rings. The van der Waals surface area contributed by atoms with E-state index in [0.29, 0.717) is 5.92 Å². The molecule has 1 atom stereocenters. The van der Waals surface area contributed by atoms with Crippen LogP contribution in [0.1, 0.15) is 44.8 Å². The van der Waals surface area contributed by atoms with Crippen molar-refractivity contribution in [3.8, 4) is 0 Å². The second-order valence-corrected chi connectivity index (χ2v) is 6.88. The second-order valence-electron chi connectivity index (χ2n) is 6.88. The van der Waals surface area contributed by atoms with Gasteiger partial charge in [-0.1, -0.05) is 27.7 Å². The predicted octanol–water partition coefficient (Wildman–Crippen LogP) is 2.64. The molecule has 0 spiro atoms. The minimum absolute atomic E-state index is 0.104. The monoisotopic (exact) mass is 289 g/mol. The number of aromatic amines is 1. The summed E-state index contributed by atoms with van der Waals surface area (Å²) in [4.78, 5) is 4.26. The Morgan fingerprint density at radius 2 is 2.14 bits per heavy atom. The zero-order valence-corrected chi connectivity index (χ0v) is 13.8. The summed E-state index contributed by atoms with van der Waals surface area (Å²) in [7, 11) is 0. The third-order valence-electron chi connectivity index (χ3n) is 3.71. The molecule has 0 amide bonds. The Hall–Kier alpha value is -1.62. The molecule has 0 aliphatic heterocycles. The van der Waals surface area contributed by atoms with Crippen molar-refractivity contribution in [2.45, 2.75) is 53.1 Å². The molecule has 0 radical (unpaired) electrons. The molecule has 0 aliphatic rings. The van der Waals surface area contributed by atoms with Crippen molar-refractivity contribution < 1.29 is 0 Å². The van der Waals surface area contributed by atoms with E-state index >= 15 is 0 Å². The first-order valence-electron chi connectivity index (χ1n) is 7.59. The van der Waals surface area contributed by atoms with Crippen molar-refractivity contribution in [1.82, 2.24) is 25.1 Å². The fourth-order valence-corrected chi connectivity index (χ4v) is 2.54. The van der Waals surface area contributed by atoms with E-state index in [1.165, 1.54) is 11.3 Å². The lowest BCUT2D eigenvalue weighted by atomic mass is 9.89. The molecule has 5 nitrogen and oxygen atoms in total. The quantitative estimate of drug-likeness (QED) is 0.859. The van der Waals surface area contributed by atoms with Gasteiger partial charge in [-0.15, -0.1) is 0 Å². The SMILES string of the molecule is Cc1nccn1CC(C)CNCc1cn[nH]c1C(C)(C)C. The van der Waals surface area contributed by atoms with Gasteiger partial charge in [0.15, 0.2) is 0 Å². The van der Waals surface area contributed by atoms with E-state index < -0.39 is 0 Å². The van der Waals surface area contributed by atoms with E-state index in [1.54, 1.807) is 0 Å². The number of H-pyrrole nitrogens is 1. The van der Waals surface area contributed by atoms with E-state index in [9.17, 15) is 0 Å². The van der Waals surface area contributed by atoms with Crippen LogP contribution in [0, 0.1) is 12.8 Å². The normalized spacial score (nSPS) is 13.6. The van der Waals surface area contributed by atoms with Crippen molar-refractivity contribution in [3.63, 3.8) is 0 Å². The summed E-state index contributed by atoms with van der Waals surface area (Å²) >= 11 is 0. The van der Waals surface area contributed by atoms with Gasteiger partial charge in [-0.2, -0.15) is 5.10 Å². The number of nitrogens with zero attached hydrogens (tertiary/aromatic N) is 3. The molecule has 0 saturated heterocycles. The molecule has 2 N–H and O–H groups in total. The third kappa shape index (κ3) is 4.17. The first-order chi connectivity index (χ1) is 9.88. The standard InChI is InChI=1S/C16H27N5/c1-12(11-21-7-6-18-13(21)2)8-17-9-14-10-19-20-15(14)16(3,4)5/h6-7,10,12,17H,8-9,11H2,1-5H3,(H,19,20). The summed E-state index contributed by atoms with van der Waals surface area (Å²) in [6.45, 7) is 13.7. The van der Waals surface area contributed by atoms with E-state index in [2.05, 4.69) is 52.8 Å². The van der Waals surface area contributed by atoms with Gasteiger partial charge in [0.05, 0.1) is 6.20 Å². The van der Waals surface area contributed by atoms with Gasteiger partial charge in [0.1, 0.15) is 5.82 Å². The van der Waals surface area contributed by atoms with Crippen molar-refractivity contribution in [1.29, 1.82) is 0 Å². The summed E-state index contributed by atoms with van der Waals surface area (Å²) in [5.74, 6) is 1.63. The molecule has 2 aromatic heterocycles. The molecule has 0 aromatic carbocycles. The van der Waals surface area contributed by atoms with Crippen molar-refractivity contribution in [3.05, 3.63) is 35.7 Å². The average molecular weight is 289 g/mol. The van der Waals surface area contributed by atoms with Gasteiger partial charge >= 0.3 is 0 Å². The minimum Gasteiger partial charge on any atom is -0.335 e. The highest BCUT2D eigenvalue weighted by atomic mass is 15.1. The topological polar surface area (TPSA) is 58.5 Å². The van der Waals surface area contributed by atoms with Gasteiger partial charge < -0.3 is 9.88 Å². The highest BCUT2D eigenvalue weighted by Crippen LogP contribution is 2.23. The van der Waals surface area contributed by atoms with E-state index in [4.69, 9.17) is 0 Å². The van der Waals surface area contributed by atoms with Crippen LogP contribution in [0.3, 0.4) is 0 Å². The number of hydrogen-bond acceptors (Lipinski definition) is 3. The Balaban J connectivity index is 1.82. The fourth-order valence-electron chi connectivity index (χ4n) is 2.54. The number of imidazole rings is 1. The van der Waals surface area contributed by atoms with Crippen LogP contribution in [-0.4, -0.2) is 26.3 Å². The Morgan fingerprint density at radius 3 is 2.76 bits per heavy atom. The van der Waals surface area contributed by atoms with Crippen LogP contribution in [0.25, 0.3) is 0 Å². The molecule has 116 valence electrons. The molecule has 2 rings (SSSR count). The molecule has 0 fully saturated rings. The van der Waals surface area contributed by atoms with Crippen LogP contribution < -0.4 is 5.32 Å². The number of aromatic nitrogens is 4. The number of aryl methyl sites for hydroxylation is 1. The van der Waals surface area contributed by atoms with Crippen LogP contribution in [0.4, 0.5) is 0 Å². The lowest BCUT2D eigenvalue weighted by Gasteiger charge is -2.19. The maximum Gasteiger partial charge on any atom is 0.105 e. The van der Waals surface area contributed by atoms with E-state index in [-0.39, 0.29) is 5.41 Å². The van der Waals surface area contributed by atoms with Gasteiger partial charge in [-0.3, -0.25) is 5.10 Å². The molecule has 0 bridgehead atoms. The Labute approximate surface area is 127 Å². The number of nitrogens with one attached hydrogen (secondary N) is 2. The third-order valence-corrected chi connectivity index (χ3v) is 3.71. The van der Waals surface area contributed by atoms with Crippen LogP contribution in [0.5, 0.6) is 0 Å². The first kappa shape index (κ1) is 15.8. The molecule has 0 aliphatic carbocycles. The molecule has 5 heteroatoms. The lowest BCUT2D eigenvalue weighted by Crippen LogP contribution is -2.25. The average Bonchev–Trinajstić information content (AvgIpc) is 2.99. The van der Waals surface area contributed by atoms with Gasteiger partial charge in [-0.25, -0.2) is 4.98 Å². The zero-order chi connectivity index (χ0) is 15.5. The summed E-state index contributed by atoms with van der Waals surface area (Å²) in [6.07, 6.45) is 5.83. The Kier molecular flexibility index (Phi) is 4.83. The van der Waals surface area contributed by atoms with Gasteiger partial charge in [0.25, 0.3) is 0 Å². The number of hydrogen-bond donors (Lipinski definition) is 2. The lowest BCUT2D eigenvalue weighted by molar-refractivity contribution is 0.438. The van der Waals surface area contributed by atoms with Crippen molar-refractivity contribution in [2.24, 2.45) is 5.92 Å². The largest absolute Gasteiger partial charge is 0.335 e. The van der Waals surface area contributed by atoms with Gasteiger partial charge in [0, 0.05) is 42.2 Å². The highest BCUT2D eigenvalue weighted by molar-refractivity contribution is 5.23. The van der Waals surface area contributed by atoms with E-state index in [1.807, 2.05) is 25.5 Å². The maximum atomic E-state index is 4.26. The summed E-state index contributed by atoms with van der Waals surface area (Å²) < 4.78 is 2.20. The molecule has 0 saturated carbocycles. The molecular weight excluding hydrogens is 262 g/mol. The molecule has 2 heterocycles.